The number of aliphatic carboxylic acids is 1. The van der Waals surface area contributed by atoms with E-state index in [-0.39, 0.29) is 6.42 Å². The number of rotatable bonds is 5. The highest BCUT2D eigenvalue weighted by Gasteiger charge is 2.16. The predicted octanol–water partition coefficient (Wildman–Crippen LogP) is -0.472. The molecule has 1 atom stereocenters. The first kappa shape index (κ1) is 14.2. The van der Waals surface area contributed by atoms with Crippen LogP contribution < -0.4 is 9.92 Å². The minimum absolute atomic E-state index is 0.0859. The van der Waals surface area contributed by atoms with Crippen molar-refractivity contribution in [3.63, 3.8) is 0 Å². The Morgan fingerprint density at radius 2 is 2.06 bits per heavy atom. The number of hydrogen-bond acceptors (Lipinski definition) is 6. The van der Waals surface area contributed by atoms with Crippen molar-refractivity contribution in [3.8, 4) is 11.5 Å². The lowest BCUT2D eigenvalue weighted by atomic mass is 10.1. The van der Waals surface area contributed by atoms with Crippen molar-refractivity contribution < 1.29 is 32.2 Å². The second-order valence-corrected chi connectivity index (χ2v) is 4.48. The molecule has 1 unspecified atom stereocenters. The van der Waals surface area contributed by atoms with Gasteiger partial charge in [-0.2, -0.15) is 8.42 Å². The van der Waals surface area contributed by atoms with E-state index >= 15 is 0 Å². The summed E-state index contributed by atoms with van der Waals surface area (Å²) in [6, 6.07) is 2.36. The van der Waals surface area contributed by atoms with E-state index in [4.69, 9.17) is 15.4 Å². The lowest BCUT2D eigenvalue weighted by Gasteiger charge is -2.09. The van der Waals surface area contributed by atoms with Crippen LogP contribution in [0.3, 0.4) is 0 Å². The molecule has 1 aromatic carbocycles. The highest BCUT2D eigenvalue weighted by atomic mass is 32.3. The Labute approximate surface area is 103 Å². The van der Waals surface area contributed by atoms with Crippen LogP contribution in [0.15, 0.2) is 18.2 Å². The number of carbonyl (C=O) groups is 1. The van der Waals surface area contributed by atoms with E-state index < -0.39 is 33.9 Å². The molecule has 100 valence electrons. The Balaban J connectivity index is 2.97. The van der Waals surface area contributed by atoms with Crippen molar-refractivity contribution in [2.45, 2.75) is 12.5 Å². The van der Waals surface area contributed by atoms with E-state index in [1.807, 2.05) is 0 Å². The van der Waals surface area contributed by atoms with E-state index in [0.29, 0.717) is 5.56 Å². The first-order valence-corrected chi connectivity index (χ1v) is 6.03. The molecule has 0 aliphatic heterocycles. The van der Waals surface area contributed by atoms with Gasteiger partial charge >= 0.3 is 16.4 Å². The molecule has 0 saturated heterocycles. The summed E-state index contributed by atoms with van der Waals surface area (Å²) in [7, 11) is -4.77. The summed E-state index contributed by atoms with van der Waals surface area (Å²) in [4.78, 5) is 10.5. The van der Waals surface area contributed by atoms with Crippen LogP contribution in [0.2, 0.25) is 0 Å². The Bertz CT molecular complexity index is 554. The molecule has 18 heavy (non-hydrogen) atoms. The van der Waals surface area contributed by atoms with Gasteiger partial charge in [-0.25, -0.2) is 0 Å². The third kappa shape index (κ3) is 4.20. The molecule has 5 N–H and O–H groups in total. The van der Waals surface area contributed by atoms with Crippen molar-refractivity contribution in [2.24, 2.45) is 5.73 Å². The molecule has 0 fully saturated rings. The van der Waals surface area contributed by atoms with Crippen LogP contribution in [0, 0.1) is 0 Å². The molecule has 9 heteroatoms. The maximum atomic E-state index is 10.5. The van der Waals surface area contributed by atoms with Crippen LogP contribution in [0.5, 0.6) is 11.5 Å². The smallest absolute Gasteiger partial charge is 0.446 e. The second kappa shape index (κ2) is 5.21. The molecule has 0 radical (unpaired) electrons. The minimum Gasteiger partial charge on any atom is -0.504 e. The highest BCUT2D eigenvalue weighted by molar-refractivity contribution is 7.81. The zero-order valence-corrected chi connectivity index (χ0v) is 9.79. The largest absolute Gasteiger partial charge is 0.504 e. The summed E-state index contributed by atoms with van der Waals surface area (Å²) < 4.78 is 33.6. The fourth-order valence-electron chi connectivity index (χ4n) is 1.21. The molecule has 0 aromatic heterocycles. The van der Waals surface area contributed by atoms with Gasteiger partial charge in [0, 0.05) is 0 Å². The number of aromatic hydroxyl groups is 1. The van der Waals surface area contributed by atoms with Gasteiger partial charge in [-0.05, 0) is 24.1 Å². The first-order valence-electron chi connectivity index (χ1n) is 4.66. The monoisotopic (exact) mass is 277 g/mol. The number of carboxylic acid groups (broad SMARTS) is 1. The van der Waals surface area contributed by atoms with E-state index in [9.17, 15) is 18.3 Å². The van der Waals surface area contributed by atoms with Gasteiger partial charge in [0.25, 0.3) is 0 Å². The number of phenols is 1. The van der Waals surface area contributed by atoms with E-state index in [2.05, 4.69) is 4.18 Å². The van der Waals surface area contributed by atoms with Gasteiger partial charge in [-0.1, -0.05) is 6.07 Å². The van der Waals surface area contributed by atoms with Crippen LogP contribution in [-0.2, 0) is 21.6 Å². The predicted molar refractivity (Wildman–Crippen MR) is 59.6 cm³/mol. The van der Waals surface area contributed by atoms with Crippen LogP contribution in [0.25, 0.3) is 0 Å². The summed E-state index contributed by atoms with van der Waals surface area (Å²) in [6.45, 7) is 0. The van der Waals surface area contributed by atoms with Gasteiger partial charge in [0.05, 0.1) is 0 Å². The molecule has 0 heterocycles. The molecular weight excluding hydrogens is 266 g/mol. The van der Waals surface area contributed by atoms with Crippen molar-refractivity contribution in [1.29, 1.82) is 0 Å². The Hall–Kier alpha value is -1.84. The number of benzene rings is 1. The average Bonchev–Trinajstić information content (AvgIpc) is 2.20. The Morgan fingerprint density at radius 1 is 1.44 bits per heavy atom. The number of hydrogen-bond donors (Lipinski definition) is 4. The third-order valence-electron chi connectivity index (χ3n) is 1.99. The second-order valence-electron chi connectivity index (χ2n) is 3.46. The fourth-order valence-corrected chi connectivity index (χ4v) is 1.57. The molecule has 8 nitrogen and oxygen atoms in total. The van der Waals surface area contributed by atoms with Gasteiger partial charge in [0.2, 0.25) is 0 Å². The van der Waals surface area contributed by atoms with Crippen molar-refractivity contribution in [3.05, 3.63) is 23.8 Å². The molecule has 0 saturated carbocycles. The van der Waals surface area contributed by atoms with Crippen LogP contribution in [0.4, 0.5) is 0 Å². The number of phenolic OH excluding ortho intramolecular Hbond substituents is 1. The molecule has 1 rings (SSSR count). The zero-order chi connectivity index (χ0) is 13.9. The molecule has 0 aliphatic carbocycles. The maximum Gasteiger partial charge on any atom is 0.446 e. The Morgan fingerprint density at radius 3 is 2.56 bits per heavy atom. The fraction of sp³-hybridized carbons (Fsp3) is 0.222. The van der Waals surface area contributed by atoms with E-state index in [1.165, 1.54) is 6.07 Å². The summed E-state index contributed by atoms with van der Waals surface area (Å²) in [5, 5.41) is 17.9. The third-order valence-corrected chi connectivity index (χ3v) is 2.38. The molecule has 0 aliphatic rings. The molecule has 1 aromatic rings. The molecular formula is C9H11NO7S. The van der Waals surface area contributed by atoms with Crippen molar-refractivity contribution >= 4 is 16.4 Å². The lowest BCUT2D eigenvalue weighted by molar-refractivity contribution is -0.138. The minimum atomic E-state index is -4.77. The molecule has 0 spiro atoms. The standard InChI is InChI=1S/C9H11NO7S/c10-6(9(12)13)3-5-1-2-7(11)8(4-5)17-18(14,15)16/h1-2,4,6,11H,3,10H2,(H,12,13)(H,14,15,16). The quantitative estimate of drug-likeness (QED) is 0.528. The van der Waals surface area contributed by atoms with Gasteiger partial charge in [0.15, 0.2) is 11.5 Å². The SMILES string of the molecule is NC(Cc1ccc(O)c(OS(=O)(=O)O)c1)C(=O)O. The van der Waals surface area contributed by atoms with Crippen molar-refractivity contribution in [2.75, 3.05) is 0 Å². The number of carboxylic acids is 1. The Kier molecular flexibility index (Phi) is 4.11. The molecule has 0 amide bonds. The van der Waals surface area contributed by atoms with E-state index in [1.54, 1.807) is 0 Å². The van der Waals surface area contributed by atoms with E-state index in [0.717, 1.165) is 12.1 Å². The van der Waals surface area contributed by atoms with Gasteiger partial charge in [-0.3, -0.25) is 9.35 Å². The van der Waals surface area contributed by atoms with Crippen LogP contribution >= 0.6 is 0 Å². The van der Waals surface area contributed by atoms with Crippen LogP contribution in [0.1, 0.15) is 5.56 Å². The first-order chi connectivity index (χ1) is 8.19. The van der Waals surface area contributed by atoms with Crippen LogP contribution in [-0.4, -0.2) is 35.2 Å². The normalized spacial score (nSPS) is 13.0. The van der Waals surface area contributed by atoms with Gasteiger partial charge in [0.1, 0.15) is 6.04 Å². The average molecular weight is 277 g/mol. The van der Waals surface area contributed by atoms with Gasteiger partial charge in [-0.15, -0.1) is 0 Å². The summed E-state index contributed by atoms with van der Waals surface area (Å²) >= 11 is 0. The number of nitrogens with two attached hydrogens (primary N) is 1. The molecule has 0 bridgehead atoms. The summed E-state index contributed by atoms with van der Waals surface area (Å²) in [6.07, 6.45) is -0.0859. The lowest BCUT2D eigenvalue weighted by Crippen LogP contribution is -2.32. The maximum absolute atomic E-state index is 10.5. The van der Waals surface area contributed by atoms with Crippen molar-refractivity contribution in [1.82, 2.24) is 0 Å². The zero-order valence-electron chi connectivity index (χ0n) is 8.98. The van der Waals surface area contributed by atoms with Gasteiger partial charge < -0.3 is 20.1 Å². The topological polar surface area (TPSA) is 147 Å². The highest BCUT2D eigenvalue weighted by Crippen LogP contribution is 2.28. The summed E-state index contributed by atoms with van der Waals surface area (Å²) in [5.74, 6) is -2.24. The summed E-state index contributed by atoms with van der Waals surface area (Å²) in [5.41, 5.74) is 5.63.